The van der Waals surface area contributed by atoms with Gasteiger partial charge in [-0.15, -0.1) is 0 Å². The zero-order valence-corrected chi connectivity index (χ0v) is 8.28. The molecule has 1 aromatic heterocycles. The molecule has 0 radical (unpaired) electrons. The van der Waals surface area contributed by atoms with Crippen LogP contribution in [0.2, 0.25) is 0 Å². The zero-order chi connectivity index (χ0) is 10.1. The lowest BCUT2D eigenvalue weighted by atomic mass is 10.1. The molecule has 0 spiro atoms. The first-order valence-electron chi connectivity index (χ1n) is 4.97. The second-order valence-corrected chi connectivity index (χ2v) is 3.17. The first-order chi connectivity index (χ1) is 6.93. The molecular formula is C11H16N2O. The van der Waals surface area contributed by atoms with Crippen LogP contribution in [0.3, 0.4) is 0 Å². The Bertz CT molecular complexity index is 249. The van der Waals surface area contributed by atoms with Crippen LogP contribution in [0.1, 0.15) is 18.4 Å². The summed E-state index contributed by atoms with van der Waals surface area (Å²) in [5.74, 6) is 0. The van der Waals surface area contributed by atoms with E-state index in [0.29, 0.717) is 6.42 Å². The van der Waals surface area contributed by atoms with Gasteiger partial charge >= 0.3 is 0 Å². The Morgan fingerprint density at radius 3 is 3.07 bits per heavy atom. The van der Waals surface area contributed by atoms with E-state index in [1.807, 2.05) is 12.3 Å². The van der Waals surface area contributed by atoms with Crippen LogP contribution < -0.4 is 5.32 Å². The van der Waals surface area contributed by atoms with Gasteiger partial charge in [0.2, 0.25) is 0 Å². The van der Waals surface area contributed by atoms with Gasteiger partial charge in [-0.05, 0) is 31.0 Å². The molecule has 0 aliphatic heterocycles. The van der Waals surface area contributed by atoms with Gasteiger partial charge in [0.15, 0.2) is 0 Å². The smallest absolute Gasteiger partial charge is 0.121 e. The number of aryl methyl sites for hydroxylation is 1. The van der Waals surface area contributed by atoms with Crippen LogP contribution in [-0.4, -0.2) is 24.4 Å². The Hall–Kier alpha value is -1.22. The first-order valence-corrected chi connectivity index (χ1v) is 4.97. The van der Waals surface area contributed by atoms with Crippen molar-refractivity contribution in [3.8, 4) is 0 Å². The van der Waals surface area contributed by atoms with Gasteiger partial charge in [0.1, 0.15) is 6.29 Å². The van der Waals surface area contributed by atoms with Gasteiger partial charge in [-0.3, -0.25) is 4.98 Å². The minimum Gasteiger partial charge on any atom is -0.316 e. The highest BCUT2D eigenvalue weighted by Crippen LogP contribution is 1.98. The molecule has 0 aliphatic carbocycles. The van der Waals surface area contributed by atoms with E-state index in [9.17, 15) is 4.79 Å². The van der Waals surface area contributed by atoms with E-state index in [4.69, 9.17) is 0 Å². The maximum absolute atomic E-state index is 10.0. The van der Waals surface area contributed by atoms with Gasteiger partial charge in [0.05, 0.1) is 0 Å². The number of hydrogen-bond acceptors (Lipinski definition) is 3. The molecule has 14 heavy (non-hydrogen) atoms. The topological polar surface area (TPSA) is 42.0 Å². The Labute approximate surface area is 84.6 Å². The van der Waals surface area contributed by atoms with Gasteiger partial charge in [-0.2, -0.15) is 0 Å². The van der Waals surface area contributed by atoms with Gasteiger partial charge in [0, 0.05) is 25.4 Å². The number of aromatic nitrogens is 1. The van der Waals surface area contributed by atoms with Crippen molar-refractivity contribution in [2.75, 3.05) is 13.1 Å². The molecule has 1 aromatic rings. The lowest BCUT2D eigenvalue weighted by molar-refractivity contribution is -0.107. The van der Waals surface area contributed by atoms with Gasteiger partial charge in [-0.1, -0.05) is 6.07 Å². The molecule has 0 unspecified atom stereocenters. The predicted molar refractivity (Wildman–Crippen MR) is 56.1 cm³/mol. The zero-order valence-electron chi connectivity index (χ0n) is 8.28. The van der Waals surface area contributed by atoms with E-state index in [-0.39, 0.29) is 0 Å². The average Bonchev–Trinajstić information content (AvgIpc) is 2.25. The van der Waals surface area contributed by atoms with Crippen molar-refractivity contribution in [3.05, 3.63) is 30.1 Å². The Morgan fingerprint density at radius 2 is 2.36 bits per heavy atom. The summed E-state index contributed by atoms with van der Waals surface area (Å²) in [5.41, 5.74) is 1.27. The fourth-order valence-corrected chi connectivity index (χ4v) is 1.25. The second-order valence-electron chi connectivity index (χ2n) is 3.17. The summed E-state index contributed by atoms with van der Waals surface area (Å²) in [6.45, 7) is 1.75. The SMILES string of the molecule is O=CCCNCCCc1cccnc1. The monoisotopic (exact) mass is 192 g/mol. The molecule has 1 rings (SSSR count). The minimum atomic E-state index is 0.604. The molecule has 0 aliphatic rings. The third-order valence-electron chi connectivity index (χ3n) is 1.98. The molecule has 3 heteroatoms. The fraction of sp³-hybridized carbons (Fsp3) is 0.455. The van der Waals surface area contributed by atoms with Crippen LogP contribution in [0.15, 0.2) is 24.5 Å². The van der Waals surface area contributed by atoms with Crippen molar-refractivity contribution in [2.24, 2.45) is 0 Å². The summed E-state index contributed by atoms with van der Waals surface area (Å²) in [5, 5.41) is 3.20. The standard InChI is InChI=1S/C11H16N2O/c14-9-3-8-12-6-1-4-11-5-2-7-13-10-11/h2,5,7,9-10,12H,1,3-4,6,8H2. The maximum Gasteiger partial charge on any atom is 0.121 e. The first kappa shape index (κ1) is 10.9. The third kappa shape index (κ3) is 4.72. The molecule has 0 aromatic carbocycles. The van der Waals surface area contributed by atoms with Crippen LogP contribution >= 0.6 is 0 Å². The van der Waals surface area contributed by atoms with Crippen molar-refractivity contribution >= 4 is 6.29 Å². The van der Waals surface area contributed by atoms with Gasteiger partial charge in [-0.25, -0.2) is 0 Å². The Balaban J connectivity index is 2.02. The summed E-state index contributed by atoms with van der Waals surface area (Å²) < 4.78 is 0. The van der Waals surface area contributed by atoms with Crippen molar-refractivity contribution in [1.82, 2.24) is 10.3 Å². The molecule has 0 saturated carbocycles. The predicted octanol–water partition coefficient (Wildman–Crippen LogP) is 1.19. The van der Waals surface area contributed by atoms with Crippen LogP contribution in [0.5, 0.6) is 0 Å². The largest absolute Gasteiger partial charge is 0.316 e. The van der Waals surface area contributed by atoms with E-state index in [2.05, 4.69) is 16.4 Å². The summed E-state index contributed by atoms with van der Waals surface area (Å²) in [6, 6.07) is 4.04. The fourth-order valence-electron chi connectivity index (χ4n) is 1.25. The maximum atomic E-state index is 10.0. The van der Waals surface area contributed by atoms with Crippen molar-refractivity contribution < 1.29 is 4.79 Å². The van der Waals surface area contributed by atoms with Gasteiger partial charge in [0.25, 0.3) is 0 Å². The molecule has 1 N–H and O–H groups in total. The number of aldehydes is 1. The van der Waals surface area contributed by atoms with Crippen LogP contribution in [0.25, 0.3) is 0 Å². The molecule has 3 nitrogen and oxygen atoms in total. The lowest BCUT2D eigenvalue weighted by Crippen LogP contribution is -2.17. The highest BCUT2D eigenvalue weighted by Gasteiger charge is 1.91. The van der Waals surface area contributed by atoms with Crippen LogP contribution in [0.4, 0.5) is 0 Å². The number of rotatable bonds is 7. The third-order valence-corrected chi connectivity index (χ3v) is 1.98. The highest BCUT2D eigenvalue weighted by atomic mass is 16.1. The average molecular weight is 192 g/mol. The van der Waals surface area contributed by atoms with Crippen LogP contribution in [-0.2, 0) is 11.2 Å². The van der Waals surface area contributed by atoms with Crippen molar-refractivity contribution in [1.29, 1.82) is 0 Å². The molecule has 1 heterocycles. The number of hydrogen-bond donors (Lipinski definition) is 1. The summed E-state index contributed by atoms with van der Waals surface area (Å²) >= 11 is 0. The molecule has 0 bridgehead atoms. The van der Waals surface area contributed by atoms with Crippen molar-refractivity contribution in [2.45, 2.75) is 19.3 Å². The number of carbonyl (C=O) groups is 1. The van der Waals surface area contributed by atoms with E-state index in [1.165, 1.54) is 5.56 Å². The Morgan fingerprint density at radius 1 is 1.43 bits per heavy atom. The lowest BCUT2D eigenvalue weighted by Gasteiger charge is -2.02. The molecule has 0 saturated heterocycles. The molecule has 0 amide bonds. The number of nitrogens with zero attached hydrogens (tertiary/aromatic N) is 1. The van der Waals surface area contributed by atoms with E-state index in [0.717, 1.165) is 32.2 Å². The number of nitrogens with one attached hydrogen (secondary N) is 1. The summed E-state index contributed by atoms with van der Waals surface area (Å²) in [7, 11) is 0. The van der Waals surface area contributed by atoms with Crippen LogP contribution in [0, 0.1) is 0 Å². The normalized spacial score (nSPS) is 10.0. The van der Waals surface area contributed by atoms with Crippen molar-refractivity contribution in [3.63, 3.8) is 0 Å². The molecule has 0 fully saturated rings. The van der Waals surface area contributed by atoms with E-state index in [1.54, 1.807) is 6.20 Å². The second kappa shape index (κ2) is 7.21. The highest BCUT2D eigenvalue weighted by molar-refractivity contribution is 5.49. The molecule has 0 atom stereocenters. The Kier molecular flexibility index (Phi) is 5.59. The van der Waals surface area contributed by atoms with E-state index >= 15 is 0 Å². The van der Waals surface area contributed by atoms with E-state index < -0.39 is 0 Å². The molecule has 76 valence electrons. The van der Waals surface area contributed by atoms with Gasteiger partial charge < -0.3 is 10.1 Å². The molecular weight excluding hydrogens is 176 g/mol. The minimum absolute atomic E-state index is 0.604. The number of pyridine rings is 1. The number of carbonyl (C=O) groups excluding carboxylic acids is 1. The summed E-state index contributed by atoms with van der Waals surface area (Å²) in [6.07, 6.45) is 7.35. The summed E-state index contributed by atoms with van der Waals surface area (Å²) in [4.78, 5) is 14.1. The quantitative estimate of drug-likeness (QED) is 0.521.